The van der Waals surface area contributed by atoms with Gasteiger partial charge in [0, 0.05) is 31.6 Å². The topological polar surface area (TPSA) is 164 Å². The average Bonchev–Trinajstić information content (AvgIpc) is 3.64. The van der Waals surface area contributed by atoms with Crippen molar-refractivity contribution < 1.29 is 33.3 Å². The van der Waals surface area contributed by atoms with E-state index in [-0.39, 0.29) is 42.3 Å². The monoisotopic (exact) mass is 715 g/mol. The molecule has 49 heavy (non-hydrogen) atoms. The van der Waals surface area contributed by atoms with E-state index in [4.69, 9.17) is 0 Å². The molecule has 268 valence electrons. The molecule has 1 saturated heterocycles. The highest BCUT2D eigenvalue weighted by Crippen LogP contribution is 2.24. The number of nitrogens with one attached hydrogen (secondary N) is 1. The minimum absolute atomic E-state index is 0.0253. The van der Waals surface area contributed by atoms with E-state index < -0.39 is 46.8 Å². The fraction of sp³-hybridized carbons (Fsp3) is 0.514. The van der Waals surface area contributed by atoms with Crippen molar-refractivity contribution in [1.82, 2.24) is 24.4 Å². The highest BCUT2D eigenvalue weighted by molar-refractivity contribution is 7.89. The number of nitrogens with zero attached hydrogens (tertiary/aromatic N) is 4. The van der Waals surface area contributed by atoms with E-state index in [1.165, 1.54) is 39.9 Å². The van der Waals surface area contributed by atoms with Crippen LogP contribution in [-0.2, 0) is 27.8 Å². The Morgan fingerprint density at radius 2 is 1.69 bits per heavy atom. The molecule has 14 heteroatoms. The molecule has 1 aromatic heterocycles. The van der Waals surface area contributed by atoms with Crippen molar-refractivity contribution in [2.24, 2.45) is 11.8 Å². The van der Waals surface area contributed by atoms with E-state index >= 15 is 0 Å². The summed E-state index contributed by atoms with van der Waals surface area (Å²) in [7, 11) is -4.10. The number of hydrogen-bond acceptors (Lipinski definition) is 9. The van der Waals surface area contributed by atoms with E-state index in [1.807, 2.05) is 70.3 Å². The maximum atomic E-state index is 14.1. The number of carbonyl (C=O) groups is 2. The van der Waals surface area contributed by atoms with Crippen LogP contribution in [0.5, 0.6) is 0 Å². The van der Waals surface area contributed by atoms with Crippen molar-refractivity contribution in [2.45, 2.75) is 76.8 Å². The third kappa shape index (κ3) is 9.86. The molecule has 2 aromatic carbocycles. The van der Waals surface area contributed by atoms with Crippen molar-refractivity contribution >= 4 is 33.3 Å². The third-order valence-electron chi connectivity index (χ3n) is 8.51. The first kappa shape index (κ1) is 38.4. The maximum Gasteiger partial charge on any atom is 0.321 e. The van der Waals surface area contributed by atoms with Crippen LogP contribution in [0.25, 0.3) is 0 Å². The molecule has 1 aliphatic heterocycles. The van der Waals surface area contributed by atoms with Crippen molar-refractivity contribution in [2.75, 3.05) is 32.8 Å². The minimum atomic E-state index is -4.10. The molecule has 0 radical (unpaired) electrons. The normalized spacial score (nSPS) is 16.4. The van der Waals surface area contributed by atoms with Gasteiger partial charge in [0.1, 0.15) is 12.1 Å². The number of urea groups is 1. The molecule has 0 spiro atoms. The van der Waals surface area contributed by atoms with Crippen LogP contribution < -0.4 is 5.32 Å². The number of carbonyl (C=O) groups excluding carboxylic acids is 2. The van der Waals surface area contributed by atoms with Gasteiger partial charge in [-0.05, 0) is 48.4 Å². The summed E-state index contributed by atoms with van der Waals surface area (Å²) >= 11 is 1.52. The van der Waals surface area contributed by atoms with Gasteiger partial charge in [0.25, 0.3) is 0 Å². The number of aliphatic hydroxyl groups excluding tert-OH is 3. The van der Waals surface area contributed by atoms with E-state index in [1.54, 1.807) is 9.80 Å². The first-order valence-corrected chi connectivity index (χ1v) is 18.9. The molecule has 4 atom stereocenters. The molecule has 3 aromatic rings. The van der Waals surface area contributed by atoms with Crippen molar-refractivity contribution in [3.05, 3.63) is 81.8 Å². The summed E-state index contributed by atoms with van der Waals surface area (Å²) in [5, 5.41) is 36.8. The number of aryl methyl sites for hydroxylation is 1. The second-order valence-electron chi connectivity index (χ2n) is 13.3. The van der Waals surface area contributed by atoms with Gasteiger partial charge < -0.3 is 30.4 Å². The van der Waals surface area contributed by atoms with Crippen molar-refractivity contribution in [3.63, 3.8) is 0 Å². The summed E-state index contributed by atoms with van der Waals surface area (Å²) in [4.78, 5) is 35.3. The Morgan fingerprint density at radius 1 is 1.02 bits per heavy atom. The Labute approximate surface area is 293 Å². The van der Waals surface area contributed by atoms with E-state index in [0.717, 1.165) is 16.3 Å². The van der Waals surface area contributed by atoms with Gasteiger partial charge in [-0.1, -0.05) is 70.2 Å². The van der Waals surface area contributed by atoms with Crippen LogP contribution in [0.15, 0.2) is 64.9 Å². The first-order chi connectivity index (χ1) is 23.2. The van der Waals surface area contributed by atoms with Crippen LogP contribution in [0.3, 0.4) is 0 Å². The number of thiazole rings is 1. The molecule has 3 amide bonds. The number of amides is 3. The van der Waals surface area contributed by atoms with Gasteiger partial charge in [0.05, 0.1) is 40.9 Å². The Bertz CT molecular complexity index is 1630. The molecular formula is C35H49N5O7S2. The van der Waals surface area contributed by atoms with Crippen LogP contribution in [0, 0.1) is 18.8 Å². The summed E-state index contributed by atoms with van der Waals surface area (Å²) < 4.78 is 29.0. The van der Waals surface area contributed by atoms with Gasteiger partial charge in [-0.2, -0.15) is 4.31 Å². The Hall–Kier alpha value is -3.40. The summed E-state index contributed by atoms with van der Waals surface area (Å²) in [5.41, 5.74) is 2.01. The standard InChI is InChI=1S/C35H49N5O7S2/c1-23(2)18-39(49(46,47)29-13-11-27(12-14-29)32(43)21-41)20-31(42)30(17-26-9-7-6-8-10-26)37-34(44)33(24(3)4)40-16-15-38(35(40)45)19-28-22-48-25(5)36-28/h6-14,22-24,30-33,41-43H,15-21H2,1-5H3,(H,37,44)/t30?,31-,32-,33+/m1/s1. The Kier molecular flexibility index (Phi) is 13.3. The SMILES string of the molecule is Cc1nc(CN2CCN([C@H](C(=O)NC(Cc3ccccc3)[C@H](O)CN(CC(C)C)S(=O)(=O)c3ccc([C@H](O)CO)cc3)C(C)C)C2=O)cs1. The van der Waals surface area contributed by atoms with E-state index in [2.05, 4.69) is 10.3 Å². The zero-order chi connectivity index (χ0) is 35.9. The highest BCUT2D eigenvalue weighted by Gasteiger charge is 2.40. The van der Waals surface area contributed by atoms with E-state index in [9.17, 15) is 33.3 Å². The number of aliphatic hydroxyl groups is 3. The highest BCUT2D eigenvalue weighted by atomic mass is 32.2. The number of hydrogen-bond donors (Lipinski definition) is 4. The lowest BCUT2D eigenvalue weighted by atomic mass is 9.97. The molecule has 4 rings (SSSR count). The predicted octanol–water partition coefficient (Wildman–Crippen LogP) is 3.17. The molecule has 12 nitrogen and oxygen atoms in total. The van der Waals surface area contributed by atoms with Crippen molar-refractivity contribution in [3.8, 4) is 0 Å². The van der Waals surface area contributed by atoms with Gasteiger partial charge in [0.15, 0.2) is 0 Å². The van der Waals surface area contributed by atoms with Crippen molar-refractivity contribution in [1.29, 1.82) is 0 Å². The van der Waals surface area contributed by atoms with Gasteiger partial charge in [-0.3, -0.25) is 4.79 Å². The average molecular weight is 716 g/mol. The summed E-state index contributed by atoms with van der Waals surface area (Å²) in [6.45, 7) is 9.87. The van der Waals surface area contributed by atoms with Crippen LogP contribution in [-0.4, -0.2) is 106 Å². The fourth-order valence-corrected chi connectivity index (χ4v) is 8.26. The number of benzene rings is 2. The summed E-state index contributed by atoms with van der Waals surface area (Å²) in [5.74, 6) is -0.752. The summed E-state index contributed by atoms with van der Waals surface area (Å²) in [6, 6.07) is 13.0. The lowest BCUT2D eigenvalue weighted by Gasteiger charge is -2.34. The lowest BCUT2D eigenvalue weighted by molar-refractivity contribution is -0.128. The van der Waals surface area contributed by atoms with Gasteiger partial charge >= 0.3 is 6.03 Å². The minimum Gasteiger partial charge on any atom is -0.393 e. The molecule has 1 unspecified atom stereocenters. The van der Waals surface area contributed by atoms with Crippen LogP contribution in [0.4, 0.5) is 4.79 Å². The van der Waals surface area contributed by atoms with Gasteiger partial charge in [-0.15, -0.1) is 11.3 Å². The molecule has 2 heterocycles. The van der Waals surface area contributed by atoms with Crippen LogP contribution >= 0.6 is 11.3 Å². The molecular weight excluding hydrogens is 667 g/mol. The lowest BCUT2D eigenvalue weighted by Crippen LogP contribution is -2.57. The van der Waals surface area contributed by atoms with Gasteiger partial charge in [0.2, 0.25) is 15.9 Å². The Balaban J connectivity index is 1.57. The fourth-order valence-electron chi connectivity index (χ4n) is 6.04. The molecule has 0 saturated carbocycles. The Morgan fingerprint density at radius 3 is 2.27 bits per heavy atom. The smallest absolute Gasteiger partial charge is 0.321 e. The van der Waals surface area contributed by atoms with Crippen LogP contribution in [0.2, 0.25) is 0 Å². The first-order valence-electron chi connectivity index (χ1n) is 16.6. The van der Waals surface area contributed by atoms with Crippen LogP contribution in [0.1, 0.15) is 55.6 Å². The zero-order valence-corrected chi connectivity index (χ0v) is 30.4. The molecule has 0 aliphatic carbocycles. The molecule has 0 bridgehead atoms. The second kappa shape index (κ2) is 17.0. The third-order valence-corrected chi connectivity index (χ3v) is 11.2. The molecule has 1 aliphatic rings. The maximum absolute atomic E-state index is 14.1. The van der Waals surface area contributed by atoms with Gasteiger partial charge in [-0.25, -0.2) is 18.2 Å². The quantitative estimate of drug-likeness (QED) is 0.166. The molecule has 1 fully saturated rings. The van der Waals surface area contributed by atoms with E-state index in [0.29, 0.717) is 25.2 Å². The predicted molar refractivity (Wildman–Crippen MR) is 188 cm³/mol. The number of rotatable bonds is 17. The molecule has 4 N–H and O–H groups in total. The number of sulfonamides is 1. The summed E-state index contributed by atoms with van der Waals surface area (Å²) in [6.07, 6.45) is -2.21. The number of aromatic nitrogens is 1. The second-order valence-corrected chi connectivity index (χ2v) is 16.3. The zero-order valence-electron chi connectivity index (χ0n) is 28.8. The largest absolute Gasteiger partial charge is 0.393 e.